The van der Waals surface area contributed by atoms with Crippen LogP contribution in [-0.2, 0) is 0 Å². The van der Waals surface area contributed by atoms with E-state index in [1.54, 1.807) is 0 Å². The highest BCUT2D eigenvalue weighted by Crippen LogP contribution is 2.45. The Morgan fingerprint density at radius 1 is 0.435 bits per heavy atom. The largest absolute Gasteiger partial charge is 0.308 e. The fourth-order valence-electron chi connectivity index (χ4n) is 8.25. The number of rotatable bonds is 2. The molecule has 11 aromatic rings. The first-order chi connectivity index (χ1) is 22.8. The summed E-state index contributed by atoms with van der Waals surface area (Å²) < 4.78 is 4.44. The minimum Gasteiger partial charge on any atom is -0.308 e. The van der Waals surface area contributed by atoms with Gasteiger partial charge in [0.1, 0.15) is 17.3 Å². The lowest BCUT2D eigenvalue weighted by atomic mass is 9.96. The Morgan fingerprint density at radius 3 is 1.67 bits per heavy atom. The molecule has 0 bridgehead atoms. The molecule has 0 radical (unpaired) electrons. The van der Waals surface area contributed by atoms with Gasteiger partial charge in [-0.05, 0) is 68.7 Å². The quantitative estimate of drug-likeness (QED) is 0.190. The predicted molar refractivity (Wildman–Crippen MR) is 188 cm³/mol. The normalized spacial score (nSPS) is 12.3. The van der Waals surface area contributed by atoms with Crippen LogP contribution in [0.15, 0.2) is 128 Å². The number of fused-ring (bicyclic) bond motifs is 6. The van der Waals surface area contributed by atoms with Crippen molar-refractivity contribution in [1.82, 2.24) is 19.1 Å². The molecule has 0 aliphatic carbocycles. The monoisotopic (exact) mass is 583 g/mol. The summed E-state index contributed by atoms with van der Waals surface area (Å²) in [5, 5.41) is 23.9. The molecule has 4 heterocycles. The van der Waals surface area contributed by atoms with E-state index in [0.29, 0.717) is 5.56 Å². The lowest BCUT2D eigenvalue weighted by molar-refractivity contribution is 1.10. The van der Waals surface area contributed by atoms with Gasteiger partial charge in [-0.15, -0.1) is 0 Å². The fourth-order valence-corrected chi connectivity index (χ4v) is 8.25. The fraction of sp³-hybridized carbons (Fsp3) is 0. The van der Waals surface area contributed by atoms with Crippen molar-refractivity contribution in [2.45, 2.75) is 0 Å². The lowest BCUT2D eigenvalue weighted by Gasteiger charge is -2.15. The molecule has 0 N–H and O–H groups in total. The van der Waals surface area contributed by atoms with Crippen LogP contribution < -0.4 is 0 Å². The van der Waals surface area contributed by atoms with Crippen molar-refractivity contribution in [2.75, 3.05) is 0 Å². The second-order valence-electron chi connectivity index (χ2n) is 12.1. The molecule has 0 saturated heterocycles. The summed E-state index contributed by atoms with van der Waals surface area (Å²) in [6.07, 6.45) is 3.78. The highest BCUT2D eigenvalue weighted by molar-refractivity contribution is 6.35. The van der Waals surface area contributed by atoms with Crippen LogP contribution in [0.5, 0.6) is 0 Å². The Labute approximate surface area is 261 Å². The van der Waals surface area contributed by atoms with Crippen LogP contribution >= 0.6 is 0 Å². The molecular formula is C41H21N5. The van der Waals surface area contributed by atoms with E-state index in [0.717, 1.165) is 55.2 Å². The van der Waals surface area contributed by atoms with E-state index in [-0.39, 0.29) is 0 Å². The average Bonchev–Trinajstić information content (AvgIpc) is 3.64. The Hall–Kier alpha value is -6.51. The molecule has 46 heavy (non-hydrogen) atoms. The van der Waals surface area contributed by atoms with Crippen LogP contribution in [0.4, 0.5) is 0 Å². The number of pyridine rings is 2. The van der Waals surface area contributed by atoms with Gasteiger partial charge < -0.3 is 4.57 Å². The molecule has 11 rings (SSSR count). The van der Waals surface area contributed by atoms with Gasteiger partial charge in [-0.2, -0.15) is 5.26 Å². The van der Waals surface area contributed by atoms with Gasteiger partial charge in [-0.3, -0.25) is 9.55 Å². The molecule has 0 unspecified atom stereocenters. The molecular weight excluding hydrogens is 562 g/mol. The van der Waals surface area contributed by atoms with E-state index in [1.807, 2.05) is 18.5 Å². The van der Waals surface area contributed by atoms with E-state index in [9.17, 15) is 5.26 Å². The van der Waals surface area contributed by atoms with E-state index in [4.69, 9.17) is 9.97 Å². The van der Waals surface area contributed by atoms with Crippen molar-refractivity contribution in [2.24, 2.45) is 0 Å². The van der Waals surface area contributed by atoms with Crippen LogP contribution in [0.3, 0.4) is 0 Å². The maximum absolute atomic E-state index is 11.0. The van der Waals surface area contributed by atoms with E-state index in [1.165, 1.54) is 43.1 Å². The molecule has 7 aromatic carbocycles. The zero-order chi connectivity index (χ0) is 30.1. The van der Waals surface area contributed by atoms with Crippen LogP contribution in [0.1, 0.15) is 5.56 Å². The number of hydrogen-bond acceptors (Lipinski definition) is 3. The maximum Gasteiger partial charge on any atom is 0.146 e. The lowest BCUT2D eigenvalue weighted by Crippen LogP contribution is -2.04. The molecule has 5 nitrogen and oxygen atoms in total. The Bertz CT molecular complexity index is 2720. The van der Waals surface area contributed by atoms with Gasteiger partial charge in [-0.25, -0.2) is 4.98 Å². The van der Waals surface area contributed by atoms with Gasteiger partial charge in [0.2, 0.25) is 0 Å². The van der Waals surface area contributed by atoms with Crippen molar-refractivity contribution in [3.8, 4) is 17.4 Å². The molecule has 0 amide bonds. The topological polar surface area (TPSA) is 59.4 Å². The number of aromatic nitrogens is 4. The van der Waals surface area contributed by atoms with Crippen LogP contribution in [0.2, 0.25) is 0 Å². The maximum atomic E-state index is 11.0. The third-order valence-corrected chi connectivity index (χ3v) is 9.97. The first-order valence-corrected chi connectivity index (χ1v) is 15.4. The summed E-state index contributed by atoms with van der Waals surface area (Å²) in [5.41, 5.74) is 7.21. The van der Waals surface area contributed by atoms with Crippen LogP contribution in [0.25, 0.3) is 98.3 Å². The van der Waals surface area contributed by atoms with Crippen molar-refractivity contribution in [3.05, 3.63) is 133 Å². The molecule has 5 heteroatoms. The van der Waals surface area contributed by atoms with Crippen LogP contribution in [-0.4, -0.2) is 19.1 Å². The molecule has 4 aromatic heterocycles. The van der Waals surface area contributed by atoms with E-state index < -0.39 is 0 Å². The molecule has 0 aliphatic rings. The SMILES string of the molecule is N#Cc1c(-n2c3cccc4c5ccccc5c5nccc2c5c43)cccc1-n1c2cccc3c4ccccc4c4ccnc1c4c32. The molecule has 0 fully saturated rings. The second-order valence-corrected chi connectivity index (χ2v) is 12.1. The second kappa shape index (κ2) is 8.35. The van der Waals surface area contributed by atoms with Crippen molar-refractivity contribution in [3.63, 3.8) is 0 Å². The Morgan fingerprint density at radius 2 is 0.957 bits per heavy atom. The standard InChI is InChI=1S/C41H21N5/c42-22-30-31(45-33-16-5-13-27-25-10-3-4-11-29(25)40-39(37(27)33)35(45)19-21-43-40)14-7-15-32(30)46-34-17-6-12-26-23-8-1-2-9-24(23)28-18-20-44-41(46)38(28)36(26)34/h1-21H. The minimum atomic E-state index is 0.593. The number of benzene rings is 7. The first-order valence-electron chi connectivity index (χ1n) is 15.4. The molecule has 0 saturated carbocycles. The molecule has 0 spiro atoms. The van der Waals surface area contributed by atoms with Crippen molar-refractivity contribution in [1.29, 1.82) is 5.26 Å². The first kappa shape index (κ1) is 23.9. The van der Waals surface area contributed by atoms with Gasteiger partial charge in [0.15, 0.2) is 0 Å². The summed E-state index contributed by atoms with van der Waals surface area (Å²) in [6, 6.07) is 43.0. The third kappa shape index (κ3) is 2.72. The zero-order valence-corrected chi connectivity index (χ0v) is 24.4. The van der Waals surface area contributed by atoms with E-state index >= 15 is 0 Å². The Kier molecular flexibility index (Phi) is 4.34. The van der Waals surface area contributed by atoms with Gasteiger partial charge in [0, 0.05) is 39.3 Å². The van der Waals surface area contributed by atoms with Crippen molar-refractivity contribution >= 4 is 87.0 Å². The molecule has 0 aliphatic heterocycles. The molecule has 0 atom stereocenters. The number of hydrogen-bond donors (Lipinski definition) is 0. The van der Waals surface area contributed by atoms with Gasteiger partial charge in [0.05, 0.1) is 33.4 Å². The number of nitrogens with zero attached hydrogens (tertiary/aromatic N) is 5. The highest BCUT2D eigenvalue weighted by Gasteiger charge is 2.25. The summed E-state index contributed by atoms with van der Waals surface area (Å²) in [6.45, 7) is 0. The summed E-state index contributed by atoms with van der Waals surface area (Å²) in [4.78, 5) is 9.85. The minimum absolute atomic E-state index is 0.593. The summed E-state index contributed by atoms with van der Waals surface area (Å²) in [7, 11) is 0. The van der Waals surface area contributed by atoms with E-state index in [2.05, 4.69) is 124 Å². The molecule has 210 valence electrons. The predicted octanol–water partition coefficient (Wildman–Crippen LogP) is 10.0. The Balaban J connectivity index is 1.30. The average molecular weight is 584 g/mol. The highest BCUT2D eigenvalue weighted by atomic mass is 15.1. The van der Waals surface area contributed by atoms with Crippen molar-refractivity contribution < 1.29 is 0 Å². The zero-order valence-electron chi connectivity index (χ0n) is 24.4. The van der Waals surface area contributed by atoms with Gasteiger partial charge in [-0.1, -0.05) is 78.9 Å². The van der Waals surface area contributed by atoms with Gasteiger partial charge >= 0.3 is 0 Å². The smallest absolute Gasteiger partial charge is 0.146 e. The summed E-state index contributed by atoms with van der Waals surface area (Å²) in [5.74, 6) is 0. The third-order valence-electron chi connectivity index (χ3n) is 9.97. The van der Waals surface area contributed by atoms with Gasteiger partial charge in [0.25, 0.3) is 0 Å². The number of nitriles is 1. The van der Waals surface area contributed by atoms with Crippen LogP contribution in [0, 0.1) is 11.3 Å². The summed E-state index contributed by atoms with van der Waals surface area (Å²) >= 11 is 0.